The summed E-state index contributed by atoms with van der Waals surface area (Å²) in [4.78, 5) is 11.1. The molecule has 0 aromatic carbocycles. The summed E-state index contributed by atoms with van der Waals surface area (Å²) in [5, 5.41) is 0. The van der Waals surface area contributed by atoms with Crippen LogP contribution in [0.4, 0.5) is 0 Å². The summed E-state index contributed by atoms with van der Waals surface area (Å²) in [6.45, 7) is 2.64. The number of esters is 1. The minimum atomic E-state index is -0.438. The molecule has 0 bridgehead atoms. The standard InChI is InChI=1S/C10H22N2O2/c1-2-3-4-6-9(12)14-10(13)7-5-8-11/h9H,2-8,11-12H2,1H3. The average Bonchev–Trinajstić information content (AvgIpc) is 2.15. The number of hydrogen-bond donors (Lipinski definition) is 2. The Morgan fingerprint density at radius 2 is 2.07 bits per heavy atom. The van der Waals surface area contributed by atoms with Crippen molar-refractivity contribution in [1.82, 2.24) is 0 Å². The van der Waals surface area contributed by atoms with Gasteiger partial charge in [0.15, 0.2) is 6.23 Å². The zero-order valence-electron chi connectivity index (χ0n) is 9.00. The van der Waals surface area contributed by atoms with Gasteiger partial charge in [-0.15, -0.1) is 0 Å². The van der Waals surface area contributed by atoms with Crippen LogP contribution in [0.15, 0.2) is 0 Å². The van der Waals surface area contributed by atoms with E-state index in [2.05, 4.69) is 6.92 Å². The normalized spacial score (nSPS) is 12.5. The molecule has 0 aromatic rings. The SMILES string of the molecule is CCCCCC(N)OC(=O)CCCN. The summed E-state index contributed by atoms with van der Waals surface area (Å²) in [7, 11) is 0. The van der Waals surface area contributed by atoms with Crippen LogP contribution in [0, 0.1) is 0 Å². The Balaban J connectivity index is 3.40. The fourth-order valence-corrected chi connectivity index (χ4v) is 1.13. The fourth-order valence-electron chi connectivity index (χ4n) is 1.13. The van der Waals surface area contributed by atoms with Crippen molar-refractivity contribution in [3.63, 3.8) is 0 Å². The first-order valence-corrected chi connectivity index (χ1v) is 5.35. The van der Waals surface area contributed by atoms with Crippen molar-refractivity contribution < 1.29 is 9.53 Å². The molecular formula is C10H22N2O2. The van der Waals surface area contributed by atoms with Crippen LogP contribution >= 0.6 is 0 Å². The largest absolute Gasteiger partial charge is 0.447 e. The molecule has 0 spiro atoms. The van der Waals surface area contributed by atoms with Crippen molar-refractivity contribution in [3.05, 3.63) is 0 Å². The van der Waals surface area contributed by atoms with Gasteiger partial charge in [-0.25, -0.2) is 0 Å². The lowest BCUT2D eigenvalue weighted by molar-refractivity contribution is -0.149. The van der Waals surface area contributed by atoms with E-state index in [-0.39, 0.29) is 5.97 Å². The minimum absolute atomic E-state index is 0.237. The number of rotatable bonds is 8. The molecule has 14 heavy (non-hydrogen) atoms. The highest BCUT2D eigenvalue weighted by Crippen LogP contribution is 2.04. The number of carbonyl (C=O) groups excluding carboxylic acids is 1. The first-order valence-electron chi connectivity index (χ1n) is 5.35. The second-order valence-corrected chi connectivity index (χ2v) is 3.42. The lowest BCUT2D eigenvalue weighted by Crippen LogP contribution is -2.27. The molecule has 0 heterocycles. The summed E-state index contributed by atoms with van der Waals surface area (Å²) in [6, 6.07) is 0. The van der Waals surface area contributed by atoms with Gasteiger partial charge in [-0.3, -0.25) is 10.5 Å². The van der Waals surface area contributed by atoms with Crippen LogP contribution in [0.3, 0.4) is 0 Å². The number of nitrogens with two attached hydrogens (primary N) is 2. The van der Waals surface area contributed by atoms with Gasteiger partial charge in [0.2, 0.25) is 0 Å². The molecular weight excluding hydrogens is 180 g/mol. The van der Waals surface area contributed by atoms with Crippen LogP contribution in [0.2, 0.25) is 0 Å². The quantitative estimate of drug-likeness (QED) is 0.351. The molecule has 0 aliphatic rings. The minimum Gasteiger partial charge on any atom is -0.447 e. The third-order valence-corrected chi connectivity index (χ3v) is 1.96. The van der Waals surface area contributed by atoms with Gasteiger partial charge >= 0.3 is 5.97 Å². The predicted octanol–water partition coefficient (Wildman–Crippen LogP) is 1.13. The lowest BCUT2D eigenvalue weighted by Gasteiger charge is -2.12. The Labute approximate surface area is 86.0 Å². The summed E-state index contributed by atoms with van der Waals surface area (Å²) in [5.74, 6) is -0.237. The predicted molar refractivity (Wildman–Crippen MR) is 56.5 cm³/mol. The van der Waals surface area contributed by atoms with Crippen LogP contribution in [-0.2, 0) is 9.53 Å². The van der Waals surface area contributed by atoms with Gasteiger partial charge < -0.3 is 10.5 Å². The lowest BCUT2D eigenvalue weighted by atomic mass is 10.2. The maximum absolute atomic E-state index is 11.1. The van der Waals surface area contributed by atoms with Crippen molar-refractivity contribution in [3.8, 4) is 0 Å². The second kappa shape index (κ2) is 8.97. The highest BCUT2D eigenvalue weighted by molar-refractivity contribution is 5.69. The molecule has 0 amide bonds. The van der Waals surface area contributed by atoms with E-state index in [1.54, 1.807) is 0 Å². The Kier molecular flexibility index (Phi) is 8.57. The third-order valence-electron chi connectivity index (χ3n) is 1.96. The molecule has 4 heteroatoms. The van der Waals surface area contributed by atoms with Crippen LogP contribution in [-0.4, -0.2) is 18.7 Å². The van der Waals surface area contributed by atoms with Crippen molar-refractivity contribution in [2.24, 2.45) is 11.5 Å². The molecule has 4 N–H and O–H groups in total. The summed E-state index contributed by atoms with van der Waals surface area (Å²) in [5.41, 5.74) is 10.9. The van der Waals surface area contributed by atoms with Gasteiger partial charge in [-0.2, -0.15) is 0 Å². The van der Waals surface area contributed by atoms with Crippen LogP contribution in [0.1, 0.15) is 45.4 Å². The van der Waals surface area contributed by atoms with Crippen LogP contribution < -0.4 is 11.5 Å². The van der Waals surface area contributed by atoms with Gasteiger partial charge in [-0.05, 0) is 25.8 Å². The Bertz CT molecular complexity index is 151. The molecule has 0 rings (SSSR count). The van der Waals surface area contributed by atoms with E-state index in [9.17, 15) is 4.79 Å². The first kappa shape index (κ1) is 13.4. The molecule has 0 aliphatic heterocycles. The maximum Gasteiger partial charge on any atom is 0.307 e. The highest BCUT2D eigenvalue weighted by Gasteiger charge is 2.08. The summed E-state index contributed by atoms with van der Waals surface area (Å²) >= 11 is 0. The number of carbonyl (C=O) groups is 1. The third kappa shape index (κ3) is 8.01. The average molecular weight is 202 g/mol. The van der Waals surface area contributed by atoms with Crippen LogP contribution in [0.5, 0.6) is 0 Å². The van der Waals surface area contributed by atoms with Gasteiger partial charge in [0.05, 0.1) is 0 Å². The van der Waals surface area contributed by atoms with E-state index in [0.29, 0.717) is 19.4 Å². The Morgan fingerprint density at radius 1 is 1.36 bits per heavy atom. The Hall–Kier alpha value is -0.610. The topological polar surface area (TPSA) is 78.3 Å². The van der Waals surface area contributed by atoms with E-state index >= 15 is 0 Å². The molecule has 0 fully saturated rings. The monoisotopic (exact) mass is 202 g/mol. The number of hydrogen-bond acceptors (Lipinski definition) is 4. The van der Waals surface area contributed by atoms with Crippen molar-refractivity contribution in [2.45, 2.75) is 51.7 Å². The molecule has 0 radical (unpaired) electrons. The summed E-state index contributed by atoms with van der Waals surface area (Å²) < 4.78 is 4.98. The second-order valence-electron chi connectivity index (χ2n) is 3.42. The van der Waals surface area contributed by atoms with E-state index in [4.69, 9.17) is 16.2 Å². The van der Waals surface area contributed by atoms with Crippen LogP contribution in [0.25, 0.3) is 0 Å². The van der Waals surface area contributed by atoms with E-state index in [1.807, 2.05) is 0 Å². The smallest absolute Gasteiger partial charge is 0.307 e. The zero-order valence-corrected chi connectivity index (χ0v) is 9.00. The molecule has 0 aromatic heterocycles. The first-order chi connectivity index (χ1) is 6.70. The Morgan fingerprint density at radius 3 is 2.64 bits per heavy atom. The molecule has 0 saturated heterocycles. The zero-order chi connectivity index (χ0) is 10.8. The van der Waals surface area contributed by atoms with Gasteiger partial charge in [0.1, 0.15) is 0 Å². The van der Waals surface area contributed by atoms with Crippen molar-refractivity contribution in [1.29, 1.82) is 0 Å². The van der Waals surface area contributed by atoms with E-state index in [0.717, 1.165) is 25.7 Å². The molecule has 1 unspecified atom stereocenters. The van der Waals surface area contributed by atoms with Gasteiger partial charge in [0, 0.05) is 6.42 Å². The summed E-state index contributed by atoms with van der Waals surface area (Å²) in [6.07, 6.45) is 4.65. The number of unbranched alkanes of at least 4 members (excludes halogenated alkanes) is 2. The van der Waals surface area contributed by atoms with Gasteiger partial charge in [-0.1, -0.05) is 19.8 Å². The number of ether oxygens (including phenoxy) is 1. The molecule has 1 atom stereocenters. The van der Waals surface area contributed by atoms with E-state index < -0.39 is 6.23 Å². The highest BCUT2D eigenvalue weighted by atomic mass is 16.6. The van der Waals surface area contributed by atoms with Gasteiger partial charge in [0.25, 0.3) is 0 Å². The molecule has 4 nitrogen and oxygen atoms in total. The van der Waals surface area contributed by atoms with Crippen molar-refractivity contribution in [2.75, 3.05) is 6.54 Å². The fraction of sp³-hybridized carbons (Fsp3) is 0.900. The maximum atomic E-state index is 11.1. The molecule has 84 valence electrons. The molecule has 0 saturated carbocycles. The van der Waals surface area contributed by atoms with E-state index in [1.165, 1.54) is 0 Å². The van der Waals surface area contributed by atoms with Crippen molar-refractivity contribution >= 4 is 5.97 Å². The molecule has 0 aliphatic carbocycles.